The van der Waals surface area contributed by atoms with Gasteiger partial charge in [0.1, 0.15) is 0 Å². The Kier molecular flexibility index (Phi) is 4.07. The van der Waals surface area contributed by atoms with Crippen molar-refractivity contribution >= 4 is 11.8 Å². The second kappa shape index (κ2) is 4.67. The average molecular weight is 203 g/mol. The van der Waals surface area contributed by atoms with Crippen molar-refractivity contribution in [3.05, 3.63) is 0 Å². The van der Waals surface area contributed by atoms with Crippen molar-refractivity contribution < 1.29 is 4.74 Å². The molecule has 0 amide bonds. The Hall–Kier alpha value is 0.270. The van der Waals surface area contributed by atoms with E-state index in [9.17, 15) is 0 Å². The van der Waals surface area contributed by atoms with Gasteiger partial charge in [0.05, 0.1) is 0 Å². The number of nitrogens with two attached hydrogens (primary N) is 1. The molecule has 78 valence electrons. The van der Waals surface area contributed by atoms with Crippen LogP contribution < -0.4 is 5.73 Å². The molecule has 1 fully saturated rings. The lowest BCUT2D eigenvalue weighted by atomic mass is 9.92. The molecule has 2 nitrogen and oxygen atoms in total. The molecule has 1 heterocycles. The molecule has 0 aromatic heterocycles. The summed E-state index contributed by atoms with van der Waals surface area (Å²) in [7, 11) is 0. The Labute approximate surface area is 85.6 Å². The first-order valence-electron chi connectivity index (χ1n) is 5.08. The molecule has 1 rings (SSSR count). The van der Waals surface area contributed by atoms with Crippen LogP contribution in [0.5, 0.6) is 0 Å². The summed E-state index contributed by atoms with van der Waals surface area (Å²) in [6, 6.07) is 0.267. The van der Waals surface area contributed by atoms with Crippen LogP contribution in [0, 0.1) is 0 Å². The van der Waals surface area contributed by atoms with E-state index in [1.165, 1.54) is 0 Å². The fourth-order valence-electron chi connectivity index (χ4n) is 1.87. The lowest BCUT2D eigenvalue weighted by Gasteiger charge is -2.41. The predicted octanol–water partition coefficient (Wildman–Crippen LogP) is 2.02. The van der Waals surface area contributed by atoms with Gasteiger partial charge in [0.15, 0.2) is 0 Å². The maximum atomic E-state index is 6.07. The molecule has 3 heteroatoms. The fraction of sp³-hybridized carbons (Fsp3) is 1.00. The molecule has 0 radical (unpaired) electrons. The number of rotatable bonds is 3. The highest BCUT2D eigenvalue weighted by atomic mass is 32.2. The Morgan fingerprint density at radius 2 is 1.77 bits per heavy atom. The van der Waals surface area contributed by atoms with Crippen LogP contribution in [0.15, 0.2) is 0 Å². The summed E-state index contributed by atoms with van der Waals surface area (Å²) in [6.07, 6.45) is 2.21. The van der Waals surface area contributed by atoms with Gasteiger partial charge in [0, 0.05) is 24.0 Å². The van der Waals surface area contributed by atoms with Gasteiger partial charge in [-0.05, 0) is 25.0 Å². The molecule has 0 aromatic carbocycles. The maximum absolute atomic E-state index is 6.07. The van der Waals surface area contributed by atoms with Gasteiger partial charge in [0.25, 0.3) is 0 Å². The van der Waals surface area contributed by atoms with E-state index in [1.54, 1.807) is 0 Å². The molecule has 13 heavy (non-hydrogen) atoms. The molecule has 2 N–H and O–H groups in total. The largest absolute Gasteiger partial charge is 0.381 e. The highest BCUT2D eigenvalue weighted by molar-refractivity contribution is 8.01. The zero-order chi connectivity index (χ0) is 9.90. The quantitative estimate of drug-likeness (QED) is 0.762. The molecular weight excluding hydrogens is 182 g/mol. The molecule has 1 aliphatic heterocycles. The van der Waals surface area contributed by atoms with Gasteiger partial charge >= 0.3 is 0 Å². The number of thioether (sulfide) groups is 1. The van der Waals surface area contributed by atoms with Gasteiger partial charge in [-0.15, -0.1) is 0 Å². The Morgan fingerprint density at radius 3 is 2.15 bits per heavy atom. The van der Waals surface area contributed by atoms with Crippen LogP contribution in [0.4, 0.5) is 0 Å². The van der Waals surface area contributed by atoms with Crippen LogP contribution in [0.1, 0.15) is 33.6 Å². The lowest BCUT2D eigenvalue weighted by molar-refractivity contribution is 0.0721. The van der Waals surface area contributed by atoms with Crippen LogP contribution in [0.2, 0.25) is 0 Å². The lowest BCUT2D eigenvalue weighted by Crippen LogP contribution is -2.48. The van der Waals surface area contributed by atoms with E-state index in [1.807, 2.05) is 11.8 Å². The van der Waals surface area contributed by atoms with Crippen molar-refractivity contribution in [2.45, 2.75) is 49.7 Å². The standard InChI is InChI=1S/C10H21NOS/c1-8(2)13-10(9(3)11)4-6-12-7-5-10/h8-9H,4-7,11H2,1-3H3. The number of hydrogen-bond acceptors (Lipinski definition) is 3. The normalized spacial score (nSPS) is 24.7. The molecule has 0 bridgehead atoms. The molecular formula is C10H21NOS. The monoisotopic (exact) mass is 203 g/mol. The topological polar surface area (TPSA) is 35.2 Å². The van der Waals surface area contributed by atoms with Crippen molar-refractivity contribution in [2.75, 3.05) is 13.2 Å². The SMILES string of the molecule is CC(C)SC1(C(C)N)CCOCC1. The summed E-state index contributed by atoms with van der Waals surface area (Å²) in [5.41, 5.74) is 6.07. The molecule has 0 spiro atoms. The van der Waals surface area contributed by atoms with Crippen LogP contribution in [0.25, 0.3) is 0 Å². The van der Waals surface area contributed by atoms with Gasteiger partial charge in [-0.25, -0.2) is 0 Å². The minimum Gasteiger partial charge on any atom is -0.381 e. The van der Waals surface area contributed by atoms with E-state index in [0.717, 1.165) is 26.1 Å². The van der Waals surface area contributed by atoms with Gasteiger partial charge in [-0.2, -0.15) is 11.8 Å². The summed E-state index contributed by atoms with van der Waals surface area (Å²) in [4.78, 5) is 0. The van der Waals surface area contributed by atoms with Crippen LogP contribution in [-0.4, -0.2) is 29.3 Å². The third-order valence-corrected chi connectivity index (χ3v) is 4.36. The number of ether oxygens (including phenoxy) is 1. The molecule has 1 saturated heterocycles. The molecule has 1 unspecified atom stereocenters. The van der Waals surface area contributed by atoms with E-state index >= 15 is 0 Å². The first-order chi connectivity index (χ1) is 6.07. The van der Waals surface area contributed by atoms with E-state index in [4.69, 9.17) is 10.5 Å². The van der Waals surface area contributed by atoms with E-state index in [-0.39, 0.29) is 10.8 Å². The minimum absolute atomic E-state index is 0.267. The van der Waals surface area contributed by atoms with Crippen molar-refractivity contribution in [3.63, 3.8) is 0 Å². The molecule has 0 aliphatic carbocycles. The summed E-state index contributed by atoms with van der Waals surface area (Å²) >= 11 is 2.03. The highest BCUT2D eigenvalue weighted by Gasteiger charge is 2.37. The molecule has 0 aromatic rings. The minimum atomic E-state index is 0.267. The van der Waals surface area contributed by atoms with Crippen molar-refractivity contribution in [2.24, 2.45) is 5.73 Å². The second-order valence-electron chi connectivity index (χ2n) is 4.13. The number of hydrogen-bond donors (Lipinski definition) is 1. The predicted molar refractivity (Wildman–Crippen MR) is 59.2 cm³/mol. The summed E-state index contributed by atoms with van der Waals surface area (Å²) in [5.74, 6) is 0. The summed E-state index contributed by atoms with van der Waals surface area (Å²) < 4.78 is 5.66. The first kappa shape index (κ1) is 11.3. The third kappa shape index (κ3) is 2.86. The molecule has 0 saturated carbocycles. The third-order valence-electron chi connectivity index (χ3n) is 2.64. The zero-order valence-corrected chi connectivity index (χ0v) is 9.69. The average Bonchev–Trinajstić information content (AvgIpc) is 2.04. The highest BCUT2D eigenvalue weighted by Crippen LogP contribution is 2.40. The Bertz CT molecular complexity index is 153. The second-order valence-corrected chi connectivity index (χ2v) is 6.12. The van der Waals surface area contributed by atoms with E-state index in [2.05, 4.69) is 20.8 Å². The molecule has 1 aliphatic rings. The summed E-state index contributed by atoms with van der Waals surface area (Å²) in [6.45, 7) is 8.36. The maximum Gasteiger partial charge on any atom is 0.0479 e. The van der Waals surface area contributed by atoms with Crippen molar-refractivity contribution in [1.29, 1.82) is 0 Å². The van der Waals surface area contributed by atoms with E-state index in [0.29, 0.717) is 5.25 Å². The van der Waals surface area contributed by atoms with Crippen LogP contribution in [0.3, 0.4) is 0 Å². The van der Waals surface area contributed by atoms with Gasteiger partial charge in [-0.1, -0.05) is 13.8 Å². The van der Waals surface area contributed by atoms with Crippen LogP contribution >= 0.6 is 11.8 Å². The first-order valence-corrected chi connectivity index (χ1v) is 5.96. The van der Waals surface area contributed by atoms with Gasteiger partial charge < -0.3 is 10.5 Å². The van der Waals surface area contributed by atoms with Crippen LogP contribution in [-0.2, 0) is 4.74 Å². The van der Waals surface area contributed by atoms with Gasteiger partial charge in [-0.3, -0.25) is 0 Å². The van der Waals surface area contributed by atoms with Crippen molar-refractivity contribution in [1.82, 2.24) is 0 Å². The molecule has 1 atom stereocenters. The zero-order valence-electron chi connectivity index (χ0n) is 8.88. The summed E-state index contributed by atoms with van der Waals surface area (Å²) in [5, 5.41) is 0.657. The van der Waals surface area contributed by atoms with E-state index < -0.39 is 0 Å². The smallest absolute Gasteiger partial charge is 0.0479 e. The Morgan fingerprint density at radius 1 is 1.23 bits per heavy atom. The van der Waals surface area contributed by atoms with Gasteiger partial charge in [0.2, 0.25) is 0 Å². The van der Waals surface area contributed by atoms with Crippen molar-refractivity contribution in [3.8, 4) is 0 Å². The fourth-order valence-corrected chi connectivity index (χ4v) is 3.42. The Balaban J connectivity index is 2.61.